The van der Waals surface area contributed by atoms with Gasteiger partial charge in [-0.15, -0.1) is 10.2 Å². The molecule has 74 valence electrons. The summed E-state index contributed by atoms with van der Waals surface area (Å²) in [5.41, 5.74) is 0. The Hall–Kier alpha value is -1.11. The standard InChI is InChI=1S/C6H8F3N3O/c1-12-4-10-11-5(12)2-13-3-6(7,8)9/h4H,2-3H2,1H3. The average molecular weight is 195 g/mol. The number of rotatable bonds is 3. The van der Waals surface area contributed by atoms with Crippen molar-refractivity contribution in [2.75, 3.05) is 6.61 Å². The van der Waals surface area contributed by atoms with E-state index in [4.69, 9.17) is 0 Å². The average Bonchev–Trinajstić information content (AvgIpc) is 2.34. The van der Waals surface area contributed by atoms with Gasteiger partial charge in [0.15, 0.2) is 5.82 Å². The highest BCUT2D eigenvalue weighted by Gasteiger charge is 2.27. The van der Waals surface area contributed by atoms with Crippen molar-refractivity contribution in [2.24, 2.45) is 7.05 Å². The van der Waals surface area contributed by atoms with Crippen molar-refractivity contribution in [3.63, 3.8) is 0 Å². The second-order valence-corrected chi connectivity index (χ2v) is 2.47. The summed E-state index contributed by atoms with van der Waals surface area (Å²) in [5, 5.41) is 7.04. The van der Waals surface area contributed by atoms with E-state index >= 15 is 0 Å². The molecule has 0 atom stereocenters. The van der Waals surface area contributed by atoms with Crippen LogP contribution in [0.25, 0.3) is 0 Å². The lowest BCUT2D eigenvalue weighted by atomic mass is 10.6. The fourth-order valence-corrected chi connectivity index (χ4v) is 0.696. The van der Waals surface area contributed by atoms with Gasteiger partial charge in [-0.1, -0.05) is 0 Å². The SMILES string of the molecule is Cn1cnnc1COCC(F)(F)F. The van der Waals surface area contributed by atoms with Gasteiger partial charge in [-0.05, 0) is 0 Å². The number of hydrogen-bond acceptors (Lipinski definition) is 3. The van der Waals surface area contributed by atoms with Crippen LogP contribution >= 0.6 is 0 Å². The van der Waals surface area contributed by atoms with E-state index in [9.17, 15) is 13.2 Å². The summed E-state index contributed by atoms with van der Waals surface area (Å²) in [7, 11) is 1.63. The van der Waals surface area contributed by atoms with Crippen LogP contribution in [-0.2, 0) is 18.4 Å². The largest absolute Gasteiger partial charge is 0.411 e. The Kier molecular flexibility index (Phi) is 2.86. The molecule has 0 unspecified atom stereocenters. The first-order valence-electron chi connectivity index (χ1n) is 3.46. The van der Waals surface area contributed by atoms with Crippen molar-refractivity contribution in [3.8, 4) is 0 Å². The van der Waals surface area contributed by atoms with Gasteiger partial charge >= 0.3 is 6.18 Å². The van der Waals surface area contributed by atoms with E-state index in [1.54, 1.807) is 7.05 Å². The molecule has 0 aliphatic carbocycles. The lowest BCUT2D eigenvalue weighted by Gasteiger charge is -2.06. The molecule has 0 aliphatic rings. The second kappa shape index (κ2) is 3.73. The smallest absolute Gasteiger partial charge is 0.364 e. The zero-order valence-electron chi connectivity index (χ0n) is 6.88. The Bertz CT molecular complexity index is 270. The topological polar surface area (TPSA) is 39.9 Å². The van der Waals surface area contributed by atoms with Gasteiger partial charge in [0.1, 0.15) is 19.5 Å². The Morgan fingerprint density at radius 1 is 1.54 bits per heavy atom. The maximum absolute atomic E-state index is 11.6. The number of alkyl halides is 3. The van der Waals surface area contributed by atoms with Crippen LogP contribution in [0.3, 0.4) is 0 Å². The molecule has 0 saturated carbocycles. The van der Waals surface area contributed by atoms with Gasteiger partial charge in [-0.2, -0.15) is 13.2 Å². The number of aromatic nitrogens is 3. The molecule has 13 heavy (non-hydrogen) atoms. The van der Waals surface area contributed by atoms with E-state index in [0.717, 1.165) is 0 Å². The van der Waals surface area contributed by atoms with Gasteiger partial charge in [0.2, 0.25) is 0 Å². The van der Waals surface area contributed by atoms with Crippen LogP contribution in [0.2, 0.25) is 0 Å². The van der Waals surface area contributed by atoms with E-state index < -0.39 is 12.8 Å². The number of hydrogen-bond donors (Lipinski definition) is 0. The molecule has 0 N–H and O–H groups in total. The molecule has 0 spiro atoms. The molecule has 0 amide bonds. The first-order chi connectivity index (χ1) is 5.99. The lowest BCUT2D eigenvalue weighted by molar-refractivity contribution is -0.177. The predicted octanol–water partition coefficient (Wildman–Crippen LogP) is 0.894. The quantitative estimate of drug-likeness (QED) is 0.719. The summed E-state index contributed by atoms with van der Waals surface area (Å²) >= 11 is 0. The summed E-state index contributed by atoms with van der Waals surface area (Å²) in [6.07, 6.45) is -2.90. The molecular formula is C6H8F3N3O. The highest BCUT2D eigenvalue weighted by Crippen LogP contribution is 2.14. The Labute approximate surface area is 72.3 Å². The van der Waals surface area contributed by atoms with Crippen LogP contribution in [-0.4, -0.2) is 27.5 Å². The van der Waals surface area contributed by atoms with Gasteiger partial charge in [0, 0.05) is 7.05 Å². The van der Waals surface area contributed by atoms with Crippen molar-refractivity contribution in [2.45, 2.75) is 12.8 Å². The highest BCUT2D eigenvalue weighted by molar-refractivity contribution is 4.80. The van der Waals surface area contributed by atoms with Crippen LogP contribution in [0.15, 0.2) is 6.33 Å². The van der Waals surface area contributed by atoms with Crippen LogP contribution in [0.4, 0.5) is 13.2 Å². The maximum atomic E-state index is 11.6. The Morgan fingerprint density at radius 2 is 2.23 bits per heavy atom. The van der Waals surface area contributed by atoms with Gasteiger partial charge in [0.25, 0.3) is 0 Å². The molecule has 0 aromatic carbocycles. The zero-order valence-corrected chi connectivity index (χ0v) is 6.88. The third-order valence-corrected chi connectivity index (χ3v) is 1.30. The van der Waals surface area contributed by atoms with Crippen molar-refractivity contribution in [1.82, 2.24) is 14.8 Å². The molecule has 1 aromatic rings. The second-order valence-electron chi connectivity index (χ2n) is 2.47. The van der Waals surface area contributed by atoms with Gasteiger partial charge in [-0.3, -0.25) is 0 Å². The van der Waals surface area contributed by atoms with Crippen LogP contribution in [0.5, 0.6) is 0 Å². The molecule has 0 radical (unpaired) electrons. The van der Waals surface area contributed by atoms with E-state index in [2.05, 4.69) is 14.9 Å². The van der Waals surface area contributed by atoms with Gasteiger partial charge < -0.3 is 9.30 Å². The summed E-state index contributed by atoms with van der Waals surface area (Å²) in [6.45, 7) is -1.45. The highest BCUT2D eigenvalue weighted by atomic mass is 19.4. The summed E-state index contributed by atoms with van der Waals surface area (Å²) in [4.78, 5) is 0. The van der Waals surface area contributed by atoms with Gasteiger partial charge in [-0.25, -0.2) is 0 Å². The van der Waals surface area contributed by atoms with Gasteiger partial charge in [0.05, 0.1) is 0 Å². The van der Waals surface area contributed by atoms with E-state index in [0.29, 0.717) is 5.82 Å². The Balaban J connectivity index is 2.32. The number of ether oxygens (including phenoxy) is 1. The molecule has 7 heteroatoms. The van der Waals surface area contributed by atoms with Crippen molar-refractivity contribution in [3.05, 3.63) is 12.2 Å². The Morgan fingerprint density at radius 3 is 2.69 bits per heavy atom. The molecule has 1 heterocycles. The summed E-state index contributed by atoms with van der Waals surface area (Å²) < 4.78 is 40.7. The van der Waals surface area contributed by atoms with E-state index in [1.165, 1.54) is 10.9 Å². The summed E-state index contributed by atoms with van der Waals surface area (Å²) in [6, 6.07) is 0. The molecule has 4 nitrogen and oxygen atoms in total. The number of halogens is 3. The van der Waals surface area contributed by atoms with Crippen LogP contribution < -0.4 is 0 Å². The normalized spacial score (nSPS) is 12.0. The van der Waals surface area contributed by atoms with Crippen LogP contribution in [0.1, 0.15) is 5.82 Å². The summed E-state index contributed by atoms with van der Waals surface area (Å²) in [5.74, 6) is 0.365. The monoisotopic (exact) mass is 195 g/mol. The molecule has 1 aromatic heterocycles. The minimum Gasteiger partial charge on any atom is -0.364 e. The lowest BCUT2D eigenvalue weighted by Crippen LogP contribution is -2.17. The molecule has 0 fully saturated rings. The number of nitrogens with zero attached hydrogens (tertiary/aromatic N) is 3. The molecule has 0 aliphatic heterocycles. The van der Waals surface area contributed by atoms with Crippen molar-refractivity contribution in [1.29, 1.82) is 0 Å². The van der Waals surface area contributed by atoms with Crippen molar-refractivity contribution >= 4 is 0 Å². The fraction of sp³-hybridized carbons (Fsp3) is 0.667. The molecular weight excluding hydrogens is 187 g/mol. The van der Waals surface area contributed by atoms with Crippen molar-refractivity contribution < 1.29 is 17.9 Å². The molecule has 1 rings (SSSR count). The van der Waals surface area contributed by atoms with E-state index in [-0.39, 0.29) is 6.61 Å². The zero-order chi connectivity index (χ0) is 9.90. The minimum atomic E-state index is -4.29. The first kappa shape index (κ1) is 9.97. The fourth-order valence-electron chi connectivity index (χ4n) is 0.696. The molecule has 0 bridgehead atoms. The first-order valence-corrected chi connectivity index (χ1v) is 3.46. The minimum absolute atomic E-state index is 0.185. The van der Waals surface area contributed by atoms with E-state index in [1.807, 2.05) is 0 Å². The van der Waals surface area contributed by atoms with Crippen LogP contribution in [0, 0.1) is 0 Å². The third kappa shape index (κ3) is 3.41. The third-order valence-electron chi connectivity index (χ3n) is 1.30. The predicted molar refractivity (Wildman–Crippen MR) is 36.7 cm³/mol. The number of aryl methyl sites for hydroxylation is 1. The maximum Gasteiger partial charge on any atom is 0.411 e. The molecule has 0 saturated heterocycles.